The molecule has 0 saturated carbocycles. The number of nitrogens with zero attached hydrogens (tertiary/aromatic N) is 5. The van der Waals surface area contributed by atoms with Gasteiger partial charge in [-0.25, -0.2) is 14.0 Å². The lowest BCUT2D eigenvalue weighted by Gasteiger charge is -1.92. The lowest BCUT2D eigenvalue weighted by atomic mass is 10.1. The quantitative estimate of drug-likeness (QED) is 0.387. The zero-order valence-corrected chi connectivity index (χ0v) is 10.1. The summed E-state index contributed by atoms with van der Waals surface area (Å²) in [6.45, 7) is 0.894. The van der Waals surface area contributed by atoms with Crippen molar-refractivity contribution in [2.75, 3.05) is 0 Å². The summed E-state index contributed by atoms with van der Waals surface area (Å²) in [5.41, 5.74) is 4.92. The zero-order valence-electron chi connectivity index (χ0n) is 10.1. The van der Waals surface area contributed by atoms with E-state index in [2.05, 4.69) is 41.8 Å². The van der Waals surface area contributed by atoms with E-state index in [1.54, 1.807) is 0 Å². The normalized spacial score (nSPS) is 13.1. The summed E-state index contributed by atoms with van der Waals surface area (Å²) in [7, 11) is 0. The molecule has 4 aromatic rings. The average molecular weight is 248 g/mol. The molecule has 0 N–H and O–H groups in total. The molecule has 0 bridgehead atoms. The largest absolute Gasteiger partial charge is 0.376 e. The summed E-state index contributed by atoms with van der Waals surface area (Å²) < 4.78 is 6.58. The van der Waals surface area contributed by atoms with E-state index in [1.165, 1.54) is 16.8 Å². The molecule has 0 unspecified atom stereocenters. The van der Waals surface area contributed by atoms with E-state index < -0.39 is 0 Å². The molecule has 19 heavy (non-hydrogen) atoms. The molecule has 0 aromatic carbocycles. The molecule has 90 valence electrons. The highest BCUT2D eigenvalue weighted by Gasteiger charge is 2.29. The van der Waals surface area contributed by atoms with Crippen molar-refractivity contribution in [1.29, 1.82) is 0 Å². The number of rotatable bonds is 0. The van der Waals surface area contributed by atoms with Crippen LogP contribution in [0.5, 0.6) is 0 Å². The SMILES string of the molecule is c1cc2c(cn1)-c1c[n+]3cc4ccncn4c3n1C2. The van der Waals surface area contributed by atoms with Crippen LogP contribution < -0.4 is 4.40 Å². The van der Waals surface area contributed by atoms with E-state index in [0.717, 1.165) is 17.8 Å². The van der Waals surface area contributed by atoms with Crippen LogP contribution in [0.3, 0.4) is 0 Å². The van der Waals surface area contributed by atoms with Crippen molar-refractivity contribution in [3.8, 4) is 11.3 Å². The third-order valence-corrected chi connectivity index (χ3v) is 3.82. The van der Waals surface area contributed by atoms with Crippen LogP contribution >= 0.6 is 0 Å². The first-order valence-electron chi connectivity index (χ1n) is 6.21. The number of imidazole rings is 2. The van der Waals surface area contributed by atoms with E-state index in [9.17, 15) is 0 Å². The van der Waals surface area contributed by atoms with Crippen LogP contribution in [0.15, 0.2) is 49.4 Å². The summed E-state index contributed by atoms with van der Waals surface area (Å²) in [6.07, 6.45) is 11.8. The van der Waals surface area contributed by atoms with Gasteiger partial charge in [-0.2, -0.15) is 4.40 Å². The topological polar surface area (TPSA) is 39.2 Å². The first-order valence-corrected chi connectivity index (χ1v) is 6.21. The van der Waals surface area contributed by atoms with Crippen molar-refractivity contribution in [2.45, 2.75) is 6.54 Å². The second-order valence-corrected chi connectivity index (χ2v) is 4.84. The minimum Gasteiger partial charge on any atom is -0.264 e. The first-order chi connectivity index (χ1) is 9.42. The maximum atomic E-state index is 4.23. The van der Waals surface area contributed by atoms with E-state index in [-0.39, 0.29) is 0 Å². The van der Waals surface area contributed by atoms with Gasteiger partial charge in [-0.1, -0.05) is 0 Å². The molecule has 5 heteroatoms. The molecule has 4 aromatic heterocycles. The van der Waals surface area contributed by atoms with Gasteiger partial charge in [0.1, 0.15) is 23.6 Å². The van der Waals surface area contributed by atoms with Gasteiger partial charge in [0.15, 0.2) is 6.33 Å². The van der Waals surface area contributed by atoms with Crippen molar-refractivity contribution >= 4 is 11.3 Å². The van der Waals surface area contributed by atoms with E-state index >= 15 is 0 Å². The summed E-state index contributed by atoms with van der Waals surface area (Å²) in [5, 5.41) is 0. The molecular weight excluding hydrogens is 238 g/mol. The van der Waals surface area contributed by atoms with Crippen LogP contribution in [0.2, 0.25) is 0 Å². The minimum absolute atomic E-state index is 0.894. The smallest absolute Gasteiger partial charge is 0.264 e. The second kappa shape index (κ2) is 3.00. The van der Waals surface area contributed by atoms with Crippen molar-refractivity contribution in [3.63, 3.8) is 0 Å². The van der Waals surface area contributed by atoms with Crippen molar-refractivity contribution < 1.29 is 4.40 Å². The summed E-state index contributed by atoms with van der Waals surface area (Å²) >= 11 is 0. The van der Waals surface area contributed by atoms with Gasteiger partial charge < -0.3 is 0 Å². The van der Waals surface area contributed by atoms with Gasteiger partial charge in [0, 0.05) is 29.7 Å². The lowest BCUT2D eigenvalue weighted by molar-refractivity contribution is -0.508. The molecule has 0 amide bonds. The molecular formula is C14H10N5+. The molecule has 0 fully saturated rings. The monoisotopic (exact) mass is 248 g/mol. The van der Waals surface area contributed by atoms with Crippen LogP contribution in [0.25, 0.3) is 22.6 Å². The zero-order chi connectivity index (χ0) is 12.4. The summed E-state index contributed by atoms with van der Waals surface area (Å²) in [4.78, 5) is 8.44. The Morgan fingerprint density at radius 3 is 3.05 bits per heavy atom. The Morgan fingerprint density at radius 2 is 2.05 bits per heavy atom. The van der Waals surface area contributed by atoms with Gasteiger partial charge in [-0.15, -0.1) is 0 Å². The Morgan fingerprint density at radius 1 is 1.11 bits per heavy atom. The predicted octanol–water partition coefficient (Wildman–Crippen LogP) is 1.30. The van der Waals surface area contributed by atoms with Crippen molar-refractivity contribution in [3.05, 3.63) is 55.0 Å². The molecule has 0 saturated heterocycles. The maximum Gasteiger partial charge on any atom is 0.376 e. The van der Waals surface area contributed by atoms with Crippen LogP contribution in [0.4, 0.5) is 0 Å². The third-order valence-electron chi connectivity index (χ3n) is 3.82. The fourth-order valence-electron chi connectivity index (χ4n) is 2.98. The summed E-state index contributed by atoms with van der Waals surface area (Å²) in [6, 6.07) is 4.11. The Labute approximate surface area is 108 Å². The van der Waals surface area contributed by atoms with Crippen molar-refractivity contribution in [2.24, 2.45) is 0 Å². The highest BCUT2D eigenvalue weighted by molar-refractivity contribution is 5.68. The Balaban J connectivity index is 1.94. The van der Waals surface area contributed by atoms with Gasteiger partial charge in [0.25, 0.3) is 0 Å². The number of hydrogen-bond donors (Lipinski definition) is 0. The van der Waals surface area contributed by atoms with Gasteiger partial charge in [0.05, 0.1) is 6.54 Å². The molecule has 5 rings (SSSR count). The summed E-state index contributed by atoms with van der Waals surface area (Å²) in [5.74, 6) is 1.13. The predicted molar refractivity (Wildman–Crippen MR) is 68.7 cm³/mol. The lowest BCUT2D eigenvalue weighted by Crippen LogP contribution is -2.16. The highest BCUT2D eigenvalue weighted by Crippen LogP contribution is 2.31. The minimum atomic E-state index is 0.894. The van der Waals surface area contributed by atoms with Gasteiger partial charge in [-0.3, -0.25) is 4.98 Å². The maximum absolute atomic E-state index is 4.23. The number of pyridine rings is 1. The second-order valence-electron chi connectivity index (χ2n) is 4.84. The molecule has 0 radical (unpaired) electrons. The molecule has 5 heterocycles. The molecule has 1 aliphatic heterocycles. The molecule has 1 aliphatic rings. The standard InChI is InChI=1S/C14H10N5/c1-3-15-5-12-10(1)6-18-13(12)8-17-7-11-2-4-16-9-19(11)14(17)18/h1-5,7-9H,6H2/q+1. The van der Waals surface area contributed by atoms with Crippen molar-refractivity contribution in [1.82, 2.24) is 18.9 Å². The fourth-order valence-corrected chi connectivity index (χ4v) is 2.98. The number of aromatic nitrogens is 5. The number of hydrogen-bond acceptors (Lipinski definition) is 2. The van der Waals surface area contributed by atoms with Crippen LogP contribution in [-0.2, 0) is 6.54 Å². The fraction of sp³-hybridized carbons (Fsp3) is 0.0714. The molecule has 0 aliphatic carbocycles. The van der Waals surface area contributed by atoms with E-state index in [0.29, 0.717) is 0 Å². The Kier molecular flexibility index (Phi) is 1.46. The third kappa shape index (κ3) is 1.03. The van der Waals surface area contributed by atoms with E-state index in [4.69, 9.17) is 0 Å². The van der Waals surface area contributed by atoms with Crippen LogP contribution in [0, 0.1) is 0 Å². The Hall–Kier alpha value is -2.69. The molecule has 5 nitrogen and oxygen atoms in total. The molecule has 0 spiro atoms. The highest BCUT2D eigenvalue weighted by atomic mass is 15.2. The average Bonchev–Trinajstić information content (AvgIpc) is 3.05. The van der Waals surface area contributed by atoms with Gasteiger partial charge >= 0.3 is 5.78 Å². The number of fused-ring (bicyclic) bond motifs is 7. The van der Waals surface area contributed by atoms with Crippen LogP contribution in [-0.4, -0.2) is 18.9 Å². The van der Waals surface area contributed by atoms with Gasteiger partial charge in [-0.05, 0) is 12.1 Å². The van der Waals surface area contributed by atoms with E-state index in [1.807, 2.05) is 31.0 Å². The van der Waals surface area contributed by atoms with Crippen LogP contribution in [0.1, 0.15) is 5.56 Å². The Bertz CT molecular complexity index is 947. The molecule has 0 atom stereocenters. The van der Waals surface area contributed by atoms with Gasteiger partial charge in [0.2, 0.25) is 0 Å². The first kappa shape index (κ1) is 9.27.